The summed E-state index contributed by atoms with van der Waals surface area (Å²) >= 11 is 0. The molecule has 0 aliphatic rings. The molecule has 0 unspecified atom stereocenters. The molecular formula is C19H19INO2+. The predicted molar refractivity (Wildman–Crippen MR) is 104 cm³/mol. The van der Waals surface area contributed by atoms with Gasteiger partial charge in [-0.25, -0.2) is 0 Å². The lowest BCUT2D eigenvalue weighted by Gasteiger charge is -2.03. The quantitative estimate of drug-likeness (QED) is 0.510. The molecule has 0 radical (unpaired) electrons. The van der Waals surface area contributed by atoms with E-state index in [1.54, 1.807) is 13.2 Å². The third-order valence-corrected chi connectivity index (χ3v) is 3.77. The second-order valence-corrected chi connectivity index (χ2v) is 5.14. The van der Waals surface area contributed by atoms with Gasteiger partial charge in [-0.05, 0) is 35.9 Å². The van der Waals surface area contributed by atoms with Crippen LogP contribution >= 0.6 is 24.0 Å². The zero-order chi connectivity index (χ0) is 15.5. The number of aromatic nitrogens is 1. The Hall–Kier alpha value is -2.08. The van der Waals surface area contributed by atoms with Crippen molar-refractivity contribution >= 4 is 47.0 Å². The van der Waals surface area contributed by atoms with Crippen molar-refractivity contribution in [2.45, 2.75) is 0 Å². The highest BCUT2D eigenvalue weighted by atomic mass is 127. The van der Waals surface area contributed by atoms with Crippen molar-refractivity contribution < 1.29 is 14.4 Å². The fraction of sp³-hybridized carbons (Fsp3) is 0.105. The molecule has 0 saturated heterocycles. The number of fused-ring (bicyclic) bond motifs is 1. The van der Waals surface area contributed by atoms with Gasteiger partial charge in [-0.2, -0.15) is 4.57 Å². The Balaban J connectivity index is 0.00000192. The third-order valence-electron chi connectivity index (χ3n) is 3.77. The van der Waals surface area contributed by atoms with Gasteiger partial charge < -0.3 is 9.84 Å². The highest BCUT2D eigenvalue weighted by Gasteiger charge is 2.08. The van der Waals surface area contributed by atoms with E-state index in [0.717, 1.165) is 11.3 Å². The summed E-state index contributed by atoms with van der Waals surface area (Å²) in [5.74, 6) is 0.626. The lowest BCUT2D eigenvalue weighted by molar-refractivity contribution is -0.646. The second-order valence-electron chi connectivity index (χ2n) is 5.14. The number of halogens is 1. The molecule has 4 heteroatoms. The number of phenols is 1. The van der Waals surface area contributed by atoms with Crippen molar-refractivity contribution in [3.63, 3.8) is 0 Å². The van der Waals surface area contributed by atoms with Gasteiger partial charge in [-0.15, -0.1) is 24.0 Å². The second kappa shape index (κ2) is 7.46. The maximum absolute atomic E-state index is 9.63. The van der Waals surface area contributed by atoms with Crippen LogP contribution in [0.4, 0.5) is 0 Å². The number of pyridine rings is 1. The van der Waals surface area contributed by atoms with Gasteiger partial charge in [0.05, 0.1) is 7.11 Å². The molecule has 3 aromatic rings. The molecule has 0 spiro atoms. The molecular weight excluding hydrogens is 401 g/mol. The summed E-state index contributed by atoms with van der Waals surface area (Å²) in [6.07, 6.45) is 4.06. The summed E-state index contributed by atoms with van der Waals surface area (Å²) in [5, 5.41) is 10.8. The Kier molecular flexibility index (Phi) is 5.60. The van der Waals surface area contributed by atoms with Crippen LogP contribution in [0.25, 0.3) is 23.1 Å². The molecule has 0 aliphatic heterocycles. The van der Waals surface area contributed by atoms with Crippen LogP contribution in [-0.2, 0) is 7.05 Å². The maximum Gasteiger partial charge on any atom is 0.212 e. The minimum absolute atomic E-state index is 0. The van der Waals surface area contributed by atoms with E-state index in [1.165, 1.54) is 10.9 Å². The Morgan fingerprint density at radius 3 is 2.57 bits per heavy atom. The van der Waals surface area contributed by atoms with Gasteiger partial charge in [0.25, 0.3) is 0 Å². The largest absolute Gasteiger partial charge is 0.504 e. The van der Waals surface area contributed by atoms with E-state index in [9.17, 15) is 5.11 Å². The average Bonchev–Trinajstić information content (AvgIpc) is 2.56. The van der Waals surface area contributed by atoms with E-state index < -0.39 is 0 Å². The van der Waals surface area contributed by atoms with E-state index in [-0.39, 0.29) is 29.7 Å². The highest BCUT2D eigenvalue weighted by molar-refractivity contribution is 14.0. The van der Waals surface area contributed by atoms with Crippen molar-refractivity contribution in [3.05, 3.63) is 65.9 Å². The number of aromatic hydroxyl groups is 1. The highest BCUT2D eigenvalue weighted by Crippen LogP contribution is 2.27. The fourth-order valence-corrected chi connectivity index (χ4v) is 2.51. The molecule has 1 N–H and O–H groups in total. The molecule has 1 aromatic heterocycles. The minimum atomic E-state index is 0. The molecule has 0 aliphatic carbocycles. The Labute approximate surface area is 152 Å². The molecule has 118 valence electrons. The van der Waals surface area contributed by atoms with E-state index in [1.807, 2.05) is 30.3 Å². The Bertz CT molecular complexity index is 859. The van der Waals surface area contributed by atoms with E-state index in [4.69, 9.17) is 4.74 Å². The first kappa shape index (κ1) is 17.3. The molecule has 2 aromatic carbocycles. The number of nitrogens with zero attached hydrogens (tertiary/aromatic N) is 1. The summed E-state index contributed by atoms with van der Waals surface area (Å²) in [5.41, 5.74) is 3.27. The number of rotatable bonds is 3. The summed E-state index contributed by atoms with van der Waals surface area (Å²) in [4.78, 5) is 0. The van der Waals surface area contributed by atoms with Crippen LogP contribution in [0, 0.1) is 0 Å². The third kappa shape index (κ3) is 3.64. The van der Waals surface area contributed by atoms with Gasteiger partial charge in [0.1, 0.15) is 7.05 Å². The standard InChI is InChI=1S/C19H17NO2.HI/c1-20-16(11-9-15-5-3-4-6-17(15)20)10-7-14-8-12-18(21)19(13-14)22-2;/h3-13H,1-2H3;1H/p+1. The first-order valence-corrected chi connectivity index (χ1v) is 7.12. The number of phenolic OH excluding ortho intramolecular Hbond substituents is 1. The molecule has 3 nitrogen and oxygen atoms in total. The van der Waals surface area contributed by atoms with E-state index in [0.29, 0.717) is 5.75 Å². The number of hydrogen-bond donors (Lipinski definition) is 1. The van der Waals surface area contributed by atoms with E-state index >= 15 is 0 Å². The predicted octanol–water partition coefficient (Wildman–Crippen LogP) is 4.17. The monoisotopic (exact) mass is 420 g/mol. The first-order valence-electron chi connectivity index (χ1n) is 7.12. The summed E-state index contributed by atoms with van der Waals surface area (Å²) < 4.78 is 7.29. The van der Waals surface area contributed by atoms with Crippen LogP contribution in [0.2, 0.25) is 0 Å². The fourth-order valence-electron chi connectivity index (χ4n) is 2.51. The minimum Gasteiger partial charge on any atom is -0.504 e. The zero-order valence-electron chi connectivity index (χ0n) is 13.1. The summed E-state index contributed by atoms with van der Waals surface area (Å²) in [6.45, 7) is 0. The van der Waals surface area contributed by atoms with Crippen LogP contribution < -0.4 is 9.30 Å². The number of para-hydroxylation sites is 1. The van der Waals surface area contributed by atoms with Crippen molar-refractivity contribution in [2.24, 2.45) is 7.05 Å². The van der Waals surface area contributed by atoms with Gasteiger partial charge in [0.15, 0.2) is 11.5 Å². The van der Waals surface area contributed by atoms with Gasteiger partial charge in [-0.1, -0.05) is 18.2 Å². The zero-order valence-corrected chi connectivity index (χ0v) is 15.4. The van der Waals surface area contributed by atoms with Gasteiger partial charge in [-0.3, -0.25) is 0 Å². The molecule has 0 atom stereocenters. The normalized spacial score (nSPS) is 10.7. The maximum atomic E-state index is 9.63. The molecule has 0 saturated carbocycles. The van der Waals surface area contributed by atoms with E-state index in [2.05, 4.69) is 42.0 Å². The molecule has 3 rings (SSSR count). The molecule has 1 heterocycles. The number of benzene rings is 2. The molecule has 0 fully saturated rings. The van der Waals surface area contributed by atoms with Crippen molar-refractivity contribution in [1.82, 2.24) is 0 Å². The summed E-state index contributed by atoms with van der Waals surface area (Å²) in [6, 6.07) is 17.8. The Morgan fingerprint density at radius 1 is 1.00 bits per heavy atom. The van der Waals surface area contributed by atoms with Crippen molar-refractivity contribution in [3.8, 4) is 11.5 Å². The van der Waals surface area contributed by atoms with Crippen molar-refractivity contribution in [1.29, 1.82) is 0 Å². The number of ether oxygens (including phenoxy) is 1. The smallest absolute Gasteiger partial charge is 0.212 e. The molecule has 23 heavy (non-hydrogen) atoms. The lowest BCUT2D eigenvalue weighted by atomic mass is 10.1. The number of methoxy groups -OCH3 is 1. The topological polar surface area (TPSA) is 33.3 Å². The van der Waals surface area contributed by atoms with Gasteiger partial charge in [0.2, 0.25) is 11.2 Å². The first-order chi connectivity index (χ1) is 10.7. The van der Waals surface area contributed by atoms with Crippen molar-refractivity contribution in [2.75, 3.05) is 7.11 Å². The van der Waals surface area contributed by atoms with Crippen LogP contribution in [-0.4, -0.2) is 12.2 Å². The lowest BCUT2D eigenvalue weighted by Crippen LogP contribution is -2.32. The average molecular weight is 420 g/mol. The summed E-state index contributed by atoms with van der Waals surface area (Å²) in [7, 11) is 3.60. The van der Waals surface area contributed by atoms with Crippen LogP contribution in [0.3, 0.4) is 0 Å². The molecule has 0 bridgehead atoms. The molecule has 0 amide bonds. The Morgan fingerprint density at radius 2 is 1.78 bits per heavy atom. The number of aryl methyl sites for hydroxylation is 1. The van der Waals surface area contributed by atoms with Crippen LogP contribution in [0.15, 0.2) is 54.6 Å². The van der Waals surface area contributed by atoms with Crippen LogP contribution in [0.5, 0.6) is 11.5 Å². The van der Waals surface area contributed by atoms with Gasteiger partial charge in [0, 0.05) is 23.6 Å². The SMILES string of the molecule is COc1cc(C=Cc2ccc3ccccc3[n+]2C)ccc1O.I. The number of hydrogen-bond acceptors (Lipinski definition) is 2. The van der Waals surface area contributed by atoms with Crippen LogP contribution in [0.1, 0.15) is 11.3 Å². The van der Waals surface area contributed by atoms with Gasteiger partial charge >= 0.3 is 0 Å².